The third-order valence-corrected chi connectivity index (χ3v) is 4.27. The van der Waals surface area contributed by atoms with Crippen molar-refractivity contribution in [2.24, 2.45) is 5.92 Å². The highest BCUT2D eigenvalue weighted by atomic mass is 19.1. The van der Waals surface area contributed by atoms with Gasteiger partial charge in [-0.1, -0.05) is 20.8 Å². The van der Waals surface area contributed by atoms with Crippen LogP contribution in [0, 0.1) is 5.92 Å². The second-order valence-electron chi connectivity index (χ2n) is 7.40. The molecule has 0 amide bonds. The van der Waals surface area contributed by atoms with E-state index in [2.05, 4.69) is 19.9 Å². The molecule has 142 valence electrons. The van der Waals surface area contributed by atoms with Gasteiger partial charge in [0, 0.05) is 22.8 Å². The molecule has 0 spiro atoms. The molecule has 0 aromatic heterocycles. The lowest BCUT2D eigenvalue weighted by Gasteiger charge is -2.33. The quantitative estimate of drug-likeness (QED) is 0.682. The summed E-state index contributed by atoms with van der Waals surface area (Å²) in [6, 6.07) is 3.52. The molecule has 4 nitrogen and oxygen atoms in total. The fraction of sp³-hybridized carbons (Fsp3) is 0.476. The van der Waals surface area contributed by atoms with Gasteiger partial charge in [-0.05, 0) is 50.8 Å². The summed E-state index contributed by atoms with van der Waals surface area (Å²) in [6.07, 6.45) is 2.84. The maximum absolute atomic E-state index is 14.1. The number of ether oxygens (including phenoxy) is 2. The van der Waals surface area contributed by atoms with Crippen LogP contribution in [0.4, 0.5) is 4.39 Å². The topological polar surface area (TPSA) is 55.8 Å². The summed E-state index contributed by atoms with van der Waals surface area (Å²) in [7, 11) is 0. The van der Waals surface area contributed by atoms with Crippen molar-refractivity contribution in [3.05, 3.63) is 35.2 Å². The Kier molecular flexibility index (Phi) is 5.79. The summed E-state index contributed by atoms with van der Waals surface area (Å²) >= 11 is 0. The first-order valence-corrected chi connectivity index (χ1v) is 8.90. The minimum absolute atomic E-state index is 0.0411. The van der Waals surface area contributed by atoms with Crippen molar-refractivity contribution in [3.8, 4) is 11.5 Å². The molecule has 1 aromatic rings. The molecule has 0 fully saturated rings. The largest absolute Gasteiger partial charge is 0.493 e. The number of hydrogen-bond acceptors (Lipinski definition) is 3. The van der Waals surface area contributed by atoms with Crippen LogP contribution in [0.3, 0.4) is 0 Å². The summed E-state index contributed by atoms with van der Waals surface area (Å²) in [5.74, 6) is -1.43. The summed E-state index contributed by atoms with van der Waals surface area (Å²) in [4.78, 5) is 11.1. The maximum atomic E-state index is 14.1. The molecule has 26 heavy (non-hydrogen) atoms. The van der Waals surface area contributed by atoms with Crippen LogP contribution in [0.1, 0.15) is 59.1 Å². The van der Waals surface area contributed by atoms with Crippen LogP contribution in [0.2, 0.25) is 0 Å². The minimum atomic E-state index is -1.58. The van der Waals surface area contributed by atoms with Gasteiger partial charge in [0.05, 0.1) is 6.61 Å². The number of fused-ring (bicyclic) bond motifs is 1. The predicted molar refractivity (Wildman–Crippen MR) is 101 cm³/mol. The molecule has 0 bridgehead atoms. The van der Waals surface area contributed by atoms with Crippen molar-refractivity contribution < 1.29 is 23.8 Å². The summed E-state index contributed by atoms with van der Waals surface area (Å²) < 4.78 is 26.0. The number of halogens is 1. The average molecular weight is 362 g/mol. The van der Waals surface area contributed by atoms with E-state index in [-0.39, 0.29) is 11.5 Å². The highest BCUT2D eigenvalue weighted by Crippen LogP contribution is 2.44. The summed E-state index contributed by atoms with van der Waals surface area (Å²) in [5, 5.41) is 9.02. The highest BCUT2D eigenvalue weighted by Gasteiger charge is 2.30. The van der Waals surface area contributed by atoms with Gasteiger partial charge < -0.3 is 14.6 Å². The standard InChI is InChI=1S/C21H27FO4/c1-7-8-25-17-10-18-15(9-14(17)13(4)19(22)20(23)24)16(12(2)3)11-21(5,6)26-18/h9-12H,7-8H2,1-6H3,(H,23,24)/b19-13+. The highest BCUT2D eigenvalue weighted by molar-refractivity contribution is 5.95. The molecule has 0 radical (unpaired) electrons. The molecule has 2 rings (SSSR count). The van der Waals surface area contributed by atoms with Gasteiger partial charge in [0.1, 0.15) is 17.1 Å². The van der Waals surface area contributed by atoms with E-state index in [4.69, 9.17) is 14.6 Å². The SMILES string of the molecule is CCCOc1cc2c(cc1/C(C)=C(/F)C(=O)O)C(C(C)C)=CC(C)(C)O2. The Hall–Kier alpha value is -2.30. The lowest BCUT2D eigenvalue weighted by Crippen LogP contribution is -2.30. The Morgan fingerprint density at radius 2 is 2.00 bits per heavy atom. The van der Waals surface area contributed by atoms with Crippen LogP contribution in [0.15, 0.2) is 24.0 Å². The van der Waals surface area contributed by atoms with Crippen LogP contribution < -0.4 is 9.47 Å². The second-order valence-corrected chi connectivity index (χ2v) is 7.40. The smallest absolute Gasteiger partial charge is 0.365 e. The maximum Gasteiger partial charge on any atom is 0.365 e. The van der Waals surface area contributed by atoms with E-state index in [1.54, 1.807) is 12.1 Å². The van der Waals surface area contributed by atoms with Gasteiger partial charge in [0.25, 0.3) is 0 Å². The van der Waals surface area contributed by atoms with Crippen molar-refractivity contribution >= 4 is 17.1 Å². The Morgan fingerprint density at radius 1 is 1.35 bits per heavy atom. The zero-order valence-electron chi connectivity index (χ0n) is 16.3. The van der Waals surface area contributed by atoms with Gasteiger partial charge in [-0.25, -0.2) is 4.79 Å². The van der Waals surface area contributed by atoms with E-state index in [0.29, 0.717) is 23.7 Å². The van der Waals surface area contributed by atoms with Gasteiger partial charge in [0.2, 0.25) is 5.83 Å². The number of benzene rings is 1. The van der Waals surface area contributed by atoms with Gasteiger partial charge in [-0.2, -0.15) is 4.39 Å². The van der Waals surface area contributed by atoms with E-state index in [0.717, 1.165) is 17.6 Å². The number of rotatable bonds is 6. The minimum Gasteiger partial charge on any atom is -0.493 e. The lowest BCUT2D eigenvalue weighted by molar-refractivity contribution is -0.134. The first-order valence-electron chi connectivity index (χ1n) is 8.90. The van der Waals surface area contributed by atoms with Crippen LogP contribution in [-0.2, 0) is 4.79 Å². The van der Waals surface area contributed by atoms with Crippen molar-refractivity contribution in [2.45, 2.75) is 53.6 Å². The van der Waals surface area contributed by atoms with Gasteiger partial charge in [-0.3, -0.25) is 0 Å². The normalized spacial score (nSPS) is 16.4. The van der Waals surface area contributed by atoms with E-state index in [1.165, 1.54) is 6.92 Å². The van der Waals surface area contributed by atoms with E-state index in [1.807, 2.05) is 20.8 Å². The molecule has 0 aliphatic carbocycles. The zero-order valence-corrected chi connectivity index (χ0v) is 16.3. The Labute approximate surface area is 154 Å². The summed E-state index contributed by atoms with van der Waals surface area (Å²) in [5.41, 5.74) is 1.94. The molecule has 1 N–H and O–H groups in total. The van der Waals surface area contributed by atoms with Crippen molar-refractivity contribution in [3.63, 3.8) is 0 Å². The van der Waals surface area contributed by atoms with Gasteiger partial charge in [0.15, 0.2) is 0 Å². The third kappa shape index (κ3) is 4.09. The fourth-order valence-electron chi connectivity index (χ4n) is 3.02. The number of carboxylic acids is 1. The monoisotopic (exact) mass is 362 g/mol. The number of carboxylic acid groups (broad SMARTS) is 1. The molecule has 1 aliphatic rings. The Morgan fingerprint density at radius 3 is 2.54 bits per heavy atom. The van der Waals surface area contributed by atoms with Crippen LogP contribution >= 0.6 is 0 Å². The zero-order chi connectivity index (χ0) is 19.6. The molecular formula is C21H27FO4. The van der Waals surface area contributed by atoms with Gasteiger partial charge >= 0.3 is 5.97 Å². The first-order chi connectivity index (χ1) is 12.1. The third-order valence-electron chi connectivity index (χ3n) is 4.27. The second kappa shape index (κ2) is 7.52. The number of aliphatic carboxylic acids is 1. The fourth-order valence-corrected chi connectivity index (χ4v) is 3.02. The summed E-state index contributed by atoms with van der Waals surface area (Å²) in [6.45, 7) is 12.0. The van der Waals surface area contributed by atoms with Crippen molar-refractivity contribution in [2.75, 3.05) is 6.61 Å². The van der Waals surface area contributed by atoms with Crippen LogP contribution in [0.5, 0.6) is 11.5 Å². The van der Waals surface area contributed by atoms with Crippen molar-refractivity contribution in [1.82, 2.24) is 0 Å². The number of carbonyl (C=O) groups is 1. The first kappa shape index (κ1) is 20.0. The number of allylic oxidation sites excluding steroid dienone is 2. The Balaban J connectivity index is 2.71. The van der Waals surface area contributed by atoms with E-state index >= 15 is 0 Å². The lowest BCUT2D eigenvalue weighted by atomic mass is 9.86. The Bertz CT molecular complexity index is 772. The average Bonchev–Trinajstić information content (AvgIpc) is 2.56. The van der Waals surface area contributed by atoms with Crippen LogP contribution in [-0.4, -0.2) is 23.3 Å². The molecule has 0 unspecified atom stereocenters. The number of hydrogen-bond donors (Lipinski definition) is 1. The van der Waals surface area contributed by atoms with Crippen LogP contribution in [0.25, 0.3) is 11.1 Å². The molecule has 0 saturated heterocycles. The van der Waals surface area contributed by atoms with Gasteiger partial charge in [-0.15, -0.1) is 0 Å². The molecule has 1 heterocycles. The molecule has 0 atom stereocenters. The molecule has 1 aromatic carbocycles. The van der Waals surface area contributed by atoms with E-state index in [9.17, 15) is 9.18 Å². The predicted octanol–water partition coefficient (Wildman–Crippen LogP) is 5.47. The molecule has 0 saturated carbocycles. The van der Waals surface area contributed by atoms with Crippen molar-refractivity contribution in [1.29, 1.82) is 0 Å². The molecular weight excluding hydrogens is 335 g/mol. The van der Waals surface area contributed by atoms with E-state index < -0.39 is 17.4 Å². The molecule has 5 heteroatoms. The molecule has 1 aliphatic heterocycles.